The van der Waals surface area contributed by atoms with E-state index in [9.17, 15) is 4.79 Å². The standard InChI is InChI=1S/C23H19N3O/c1-2-17-12-14-18(15-13-17)16-24-26-22(19-8-4-3-5-9-19)25-21-11-7-6-10-20(21)23(26)27/h3-16H,2H2,1H3. The van der Waals surface area contributed by atoms with Gasteiger partial charge in [-0.3, -0.25) is 4.79 Å². The summed E-state index contributed by atoms with van der Waals surface area (Å²) >= 11 is 0. The monoisotopic (exact) mass is 353 g/mol. The first-order valence-electron chi connectivity index (χ1n) is 8.97. The smallest absolute Gasteiger partial charge is 0.267 e. The van der Waals surface area contributed by atoms with E-state index in [1.54, 1.807) is 12.3 Å². The first-order chi connectivity index (χ1) is 13.3. The number of rotatable bonds is 4. The summed E-state index contributed by atoms with van der Waals surface area (Å²) in [5, 5.41) is 5.03. The summed E-state index contributed by atoms with van der Waals surface area (Å²) in [6.07, 6.45) is 2.69. The number of para-hydroxylation sites is 1. The molecule has 4 nitrogen and oxygen atoms in total. The summed E-state index contributed by atoms with van der Waals surface area (Å²) in [5.41, 5.74) is 3.53. The molecule has 27 heavy (non-hydrogen) atoms. The van der Waals surface area contributed by atoms with E-state index in [4.69, 9.17) is 4.98 Å². The molecular formula is C23H19N3O. The molecule has 0 fully saturated rings. The van der Waals surface area contributed by atoms with Crippen molar-refractivity contribution in [3.8, 4) is 11.4 Å². The van der Waals surface area contributed by atoms with Crippen LogP contribution >= 0.6 is 0 Å². The molecule has 4 aromatic rings. The van der Waals surface area contributed by atoms with Crippen LogP contribution in [0, 0.1) is 0 Å². The lowest BCUT2D eigenvalue weighted by Crippen LogP contribution is -2.20. The van der Waals surface area contributed by atoms with Crippen molar-refractivity contribution in [3.63, 3.8) is 0 Å². The molecule has 132 valence electrons. The van der Waals surface area contributed by atoms with Crippen LogP contribution in [0.5, 0.6) is 0 Å². The van der Waals surface area contributed by atoms with Crippen molar-refractivity contribution in [3.05, 3.63) is 100 Å². The molecule has 0 saturated heterocycles. The van der Waals surface area contributed by atoms with Gasteiger partial charge in [-0.15, -0.1) is 0 Å². The van der Waals surface area contributed by atoms with Gasteiger partial charge in [-0.05, 0) is 29.7 Å². The van der Waals surface area contributed by atoms with Gasteiger partial charge in [0, 0.05) is 5.56 Å². The highest BCUT2D eigenvalue weighted by Gasteiger charge is 2.11. The minimum absolute atomic E-state index is 0.180. The quantitative estimate of drug-likeness (QED) is 0.507. The van der Waals surface area contributed by atoms with Gasteiger partial charge in [0.25, 0.3) is 5.56 Å². The van der Waals surface area contributed by atoms with Crippen molar-refractivity contribution in [2.45, 2.75) is 13.3 Å². The molecule has 0 bridgehead atoms. The van der Waals surface area contributed by atoms with Crippen LogP contribution in [-0.4, -0.2) is 15.9 Å². The molecule has 1 aromatic heterocycles. The van der Waals surface area contributed by atoms with Crippen molar-refractivity contribution in [1.29, 1.82) is 0 Å². The second-order valence-electron chi connectivity index (χ2n) is 6.28. The molecule has 0 aliphatic heterocycles. The van der Waals surface area contributed by atoms with Gasteiger partial charge in [-0.25, -0.2) is 4.98 Å². The Morgan fingerprint density at radius 1 is 0.926 bits per heavy atom. The third kappa shape index (κ3) is 3.42. The maximum atomic E-state index is 13.1. The van der Waals surface area contributed by atoms with Crippen molar-refractivity contribution in [2.24, 2.45) is 5.10 Å². The summed E-state index contributed by atoms with van der Waals surface area (Å²) in [6, 6.07) is 25.1. The summed E-state index contributed by atoms with van der Waals surface area (Å²) < 4.78 is 1.38. The van der Waals surface area contributed by atoms with Crippen LogP contribution in [-0.2, 0) is 6.42 Å². The molecule has 0 amide bonds. The lowest BCUT2D eigenvalue weighted by Gasteiger charge is -2.09. The first-order valence-corrected chi connectivity index (χ1v) is 8.97. The Balaban J connectivity index is 1.88. The fraction of sp³-hybridized carbons (Fsp3) is 0.0870. The SMILES string of the molecule is CCc1ccc(C=Nn2c(-c3ccccc3)nc3ccccc3c2=O)cc1. The van der Waals surface area contributed by atoms with Crippen LogP contribution in [0.2, 0.25) is 0 Å². The van der Waals surface area contributed by atoms with Gasteiger partial charge in [-0.1, -0.05) is 73.7 Å². The van der Waals surface area contributed by atoms with Crippen LogP contribution < -0.4 is 5.56 Å². The van der Waals surface area contributed by atoms with Crippen LogP contribution in [0.15, 0.2) is 88.8 Å². The van der Waals surface area contributed by atoms with E-state index in [0.29, 0.717) is 16.7 Å². The van der Waals surface area contributed by atoms with Gasteiger partial charge in [-0.2, -0.15) is 9.78 Å². The molecule has 0 spiro atoms. The van der Waals surface area contributed by atoms with Gasteiger partial charge in [0.05, 0.1) is 17.1 Å². The minimum atomic E-state index is -0.180. The molecule has 0 saturated carbocycles. The second-order valence-corrected chi connectivity index (χ2v) is 6.28. The van der Waals surface area contributed by atoms with E-state index in [1.807, 2.05) is 60.7 Å². The summed E-state index contributed by atoms with van der Waals surface area (Å²) in [6.45, 7) is 2.12. The molecular weight excluding hydrogens is 334 g/mol. The number of fused-ring (bicyclic) bond motifs is 1. The van der Waals surface area contributed by atoms with Crippen molar-refractivity contribution in [2.75, 3.05) is 0 Å². The van der Waals surface area contributed by atoms with E-state index >= 15 is 0 Å². The topological polar surface area (TPSA) is 47.2 Å². The second kappa shape index (κ2) is 7.38. The average Bonchev–Trinajstić information content (AvgIpc) is 2.74. The fourth-order valence-electron chi connectivity index (χ4n) is 2.97. The maximum Gasteiger partial charge on any atom is 0.282 e. The van der Waals surface area contributed by atoms with Crippen LogP contribution in [0.1, 0.15) is 18.1 Å². The van der Waals surface area contributed by atoms with E-state index < -0.39 is 0 Å². The lowest BCUT2D eigenvalue weighted by atomic mass is 10.1. The van der Waals surface area contributed by atoms with Crippen LogP contribution in [0.25, 0.3) is 22.3 Å². The summed E-state index contributed by atoms with van der Waals surface area (Å²) in [5.74, 6) is 0.528. The van der Waals surface area contributed by atoms with Gasteiger partial charge >= 0.3 is 0 Å². The maximum absolute atomic E-state index is 13.1. The molecule has 0 aliphatic carbocycles. The molecule has 0 aliphatic rings. The fourth-order valence-corrected chi connectivity index (χ4v) is 2.97. The number of nitrogens with zero attached hydrogens (tertiary/aromatic N) is 3. The zero-order valence-electron chi connectivity index (χ0n) is 15.0. The average molecular weight is 353 g/mol. The number of aromatic nitrogens is 2. The van der Waals surface area contributed by atoms with Crippen LogP contribution in [0.3, 0.4) is 0 Å². The highest BCUT2D eigenvalue weighted by molar-refractivity contribution is 5.82. The lowest BCUT2D eigenvalue weighted by molar-refractivity contribution is 0.830. The van der Waals surface area contributed by atoms with Crippen molar-refractivity contribution < 1.29 is 0 Å². The summed E-state index contributed by atoms with van der Waals surface area (Å²) in [4.78, 5) is 17.7. The molecule has 0 atom stereocenters. The Hall–Kier alpha value is -3.53. The van der Waals surface area contributed by atoms with Gasteiger partial charge in [0.2, 0.25) is 0 Å². The van der Waals surface area contributed by atoms with Crippen LogP contribution in [0.4, 0.5) is 0 Å². The van der Waals surface area contributed by atoms with Gasteiger partial charge < -0.3 is 0 Å². The zero-order chi connectivity index (χ0) is 18.6. The Morgan fingerprint density at radius 3 is 2.37 bits per heavy atom. The summed E-state index contributed by atoms with van der Waals surface area (Å²) in [7, 11) is 0. The highest BCUT2D eigenvalue weighted by Crippen LogP contribution is 2.18. The Kier molecular flexibility index (Phi) is 4.62. The van der Waals surface area contributed by atoms with Gasteiger partial charge in [0.15, 0.2) is 5.82 Å². The highest BCUT2D eigenvalue weighted by atomic mass is 16.1. The third-order valence-electron chi connectivity index (χ3n) is 4.50. The molecule has 1 heterocycles. The Morgan fingerprint density at radius 2 is 1.63 bits per heavy atom. The Labute approximate surface area is 157 Å². The van der Waals surface area contributed by atoms with Gasteiger partial charge in [0.1, 0.15) is 0 Å². The predicted octanol–water partition coefficient (Wildman–Crippen LogP) is 4.51. The number of hydrogen-bond donors (Lipinski definition) is 0. The molecule has 4 heteroatoms. The van der Waals surface area contributed by atoms with Crippen molar-refractivity contribution in [1.82, 2.24) is 9.66 Å². The van der Waals surface area contributed by atoms with Crippen molar-refractivity contribution >= 4 is 17.1 Å². The molecule has 3 aromatic carbocycles. The van der Waals surface area contributed by atoms with E-state index in [1.165, 1.54) is 10.2 Å². The number of benzene rings is 3. The number of hydrogen-bond acceptors (Lipinski definition) is 3. The molecule has 4 rings (SSSR count). The largest absolute Gasteiger partial charge is 0.282 e. The van der Waals surface area contributed by atoms with E-state index in [-0.39, 0.29) is 5.56 Å². The first kappa shape index (κ1) is 16.9. The molecule has 0 radical (unpaired) electrons. The normalized spacial score (nSPS) is 11.3. The van der Waals surface area contributed by atoms with E-state index in [2.05, 4.69) is 24.2 Å². The number of aryl methyl sites for hydroxylation is 1. The molecule has 0 N–H and O–H groups in total. The third-order valence-corrected chi connectivity index (χ3v) is 4.50. The predicted molar refractivity (Wildman–Crippen MR) is 110 cm³/mol. The van der Waals surface area contributed by atoms with E-state index in [0.717, 1.165) is 17.5 Å². The Bertz CT molecular complexity index is 1160. The zero-order valence-corrected chi connectivity index (χ0v) is 15.0. The minimum Gasteiger partial charge on any atom is -0.267 e. The molecule has 0 unspecified atom stereocenters.